The van der Waals surface area contributed by atoms with Crippen molar-refractivity contribution in [3.05, 3.63) is 11.6 Å². The zero-order valence-corrected chi connectivity index (χ0v) is 10.5. The molecule has 1 aliphatic heterocycles. The van der Waals surface area contributed by atoms with Crippen LogP contribution in [0.25, 0.3) is 0 Å². The van der Waals surface area contributed by atoms with Gasteiger partial charge in [-0.25, -0.2) is 4.79 Å². The Morgan fingerprint density at radius 1 is 1.41 bits per heavy atom. The molecule has 0 radical (unpaired) electrons. The first-order valence-corrected chi connectivity index (χ1v) is 6.30. The van der Waals surface area contributed by atoms with E-state index in [1.165, 1.54) is 0 Å². The summed E-state index contributed by atoms with van der Waals surface area (Å²) in [7, 11) is 0. The number of carbonyl (C=O) groups is 1. The number of epoxide rings is 1. The summed E-state index contributed by atoms with van der Waals surface area (Å²) >= 11 is 0. The van der Waals surface area contributed by atoms with Crippen molar-refractivity contribution >= 4 is 5.97 Å². The van der Waals surface area contributed by atoms with Gasteiger partial charge in [-0.3, -0.25) is 0 Å². The molecule has 1 heterocycles. The minimum Gasteiger partial charge on any atom is -0.459 e. The summed E-state index contributed by atoms with van der Waals surface area (Å²) < 4.78 is 10.0. The average molecular weight is 242 g/mol. The monoisotopic (exact) mass is 242 g/mol. The number of ether oxygens (including phenoxy) is 2. The molecule has 1 atom stereocenters. The van der Waals surface area contributed by atoms with Gasteiger partial charge >= 0.3 is 5.97 Å². The Hall–Kier alpha value is -0.870. The fourth-order valence-corrected chi connectivity index (χ4v) is 1.46. The molecule has 1 aliphatic rings. The van der Waals surface area contributed by atoms with Crippen molar-refractivity contribution in [1.29, 1.82) is 0 Å². The van der Waals surface area contributed by atoms with Crippen LogP contribution >= 0.6 is 0 Å². The van der Waals surface area contributed by atoms with Crippen molar-refractivity contribution in [2.75, 3.05) is 19.8 Å². The molecule has 17 heavy (non-hydrogen) atoms. The lowest BCUT2D eigenvalue weighted by Gasteiger charge is -2.02. The Morgan fingerprint density at radius 3 is 2.76 bits per heavy atom. The van der Waals surface area contributed by atoms with Crippen LogP contribution in [-0.4, -0.2) is 37.0 Å². The topological polar surface area (TPSA) is 59.1 Å². The van der Waals surface area contributed by atoms with E-state index in [1.807, 2.05) is 6.08 Å². The first kappa shape index (κ1) is 14.2. The van der Waals surface area contributed by atoms with Gasteiger partial charge in [-0.15, -0.1) is 0 Å². The predicted molar refractivity (Wildman–Crippen MR) is 64.6 cm³/mol. The highest BCUT2D eigenvalue weighted by atomic mass is 16.6. The molecule has 0 amide bonds. The number of carbonyl (C=O) groups excluding carboxylic acids is 1. The minimum atomic E-state index is -0.240. The molecular formula is C13H22O4. The molecule has 1 N–H and O–H groups in total. The van der Waals surface area contributed by atoms with Crippen molar-refractivity contribution in [2.45, 2.75) is 45.1 Å². The number of esters is 1. The van der Waals surface area contributed by atoms with Gasteiger partial charge in [0.25, 0.3) is 0 Å². The first-order valence-electron chi connectivity index (χ1n) is 6.30. The van der Waals surface area contributed by atoms with Gasteiger partial charge in [0, 0.05) is 12.2 Å². The highest BCUT2D eigenvalue weighted by Crippen LogP contribution is 2.11. The van der Waals surface area contributed by atoms with Crippen LogP contribution < -0.4 is 0 Å². The summed E-state index contributed by atoms with van der Waals surface area (Å²) in [6.45, 7) is 3.13. The molecule has 1 unspecified atom stereocenters. The van der Waals surface area contributed by atoms with Crippen molar-refractivity contribution in [2.24, 2.45) is 0 Å². The Labute approximate surface area is 103 Å². The van der Waals surface area contributed by atoms with Crippen LogP contribution in [0.1, 0.15) is 39.0 Å². The van der Waals surface area contributed by atoms with Crippen molar-refractivity contribution in [1.82, 2.24) is 0 Å². The third kappa shape index (κ3) is 7.13. The second kappa shape index (κ2) is 8.25. The molecule has 1 saturated heterocycles. The van der Waals surface area contributed by atoms with Crippen molar-refractivity contribution in [3.8, 4) is 0 Å². The van der Waals surface area contributed by atoms with Gasteiger partial charge in [-0.1, -0.05) is 18.9 Å². The molecule has 0 aromatic heterocycles. The maximum atomic E-state index is 11.5. The lowest BCUT2D eigenvalue weighted by molar-refractivity contribution is -0.139. The van der Waals surface area contributed by atoms with E-state index in [-0.39, 0.29) is 18.7 Å². The van der Waals surface area contributed by atoms with E-state index < -0.39 is 0 Å². The number of hydrogen-bond acceptors (Lipinski definition) is 4. The van der Waals surface area contributed by atoms with E-state index in [0.717, 1.165) is 32.1 Å². The minimum absolute atomic E-state index is 0.130. The zero-order chi connectivity index (χ0) is 12.5. The molecule has 1 rings (SSSR count). The lowest BCUT2D eigenvalue weighted by Crippen LogP contribution is -2.10. The molecule has 98 valence electrons. The van der Waals surface area contributed by atoms with Crippen LogP contribution in [-0.2, 0) is 14.3 Å². The second-order valence-electron chi connectivity index (χ2n) is 4.37. The normalized spacial score (nSPS) is 19.2. The lowest BCUT2D eigenvalue weighted by atomic mass is 10.1. The SMILES string of the molecule is C/C(=C\CCCCCCO)C(=O)OCC1CO1. The van der Waals surface area contributed by atoms with Gasteiger partial charge in [-0.05, 0) is 26.2 Å². The maximum absolute atomic E-state index is 11.5. The van der Waals surface area contributed by atoms with Crippen LogP contribution in [0.3, 0.4) is 0 Å². The fourth-order valence-electron chi connectivity index (χ4n) is 1.46. The Bertz CT molecular complexity index is 256. The van der Waals surface area contributed by atoms with Gasteiger partial charge in [0.15, 0.2) is 0 Å². The van der Waals surface area contributed by atoms with Gasteiger partial charge < -0.3 is 14.6 Å². The summed E-state index contributed by atoms with van der Waals surface area (Å²) in [4.78, 5) is 11.5. The fraction of sp³-hybridized carbons (Fsp3) is 0.769. The Balaban J connectivity index is 2.03. The summed E-state index contributed by atoms with van der Waals surface area (Å²) in [5, 5.41) is 8.61. The third-order valence-electron chi connectivity index (χ3n) is 2.69. The first-order chi connectivity index (χ1) is 8.24. The molecule has 0 aromatic rings. The molecule has 4 nitrogen and oxygen atoms in total. The molecule has 1 fully saturated rings. The van der Waals surface area contributed by atoms with Gasteiger partial charge in [0.1, 0.15) is 12.7 Å². The number of aliphatic hydroxyl groups is 1. The molecule has 0 aromatic carbocycles. The number of unbranched alkanes of at least 4 members (excludes halogenated alkanes) is 4. The molecule has 0 spiro atoms. The summed E-state index contributed by atoms with van der Waals surface area (Å²) in [6.07, 6.45) is 7.01. The predicted octanol–water partition coefficient (Wildman–Crippen LogP) is 1.82. The van der Waals surface area contributed by atoms with E-state index in [1.54, 1.807) is 6.92 Å². The summed E-state index contributed by atoms with van der Waals surface area (Å²) in [5.41, 5.74) is 0.674. The molecule has 0 bridgehead atoms. The molecule has 0 saturated carbocycles. The van der Waals surface area contributed by atoms with Crippen LogP contribution in [0.2, 0.25) is 0 Å². The highest BCUT2D eigenvalue weighted by Gasteiger charge is 2.24. The average Bonchev–Trinajstić information content (AvgIpc) is 3.14. The standard InChI is InChI=1S/C13H22O4/c1-11(7-5-3-2-4-6-8-14)13(15)17-10-12-9-16-12/h7,12,14H,2-6,8-10H2,1H3/b11-7+. The maximum Gasteiger partial charge on any atom is 0.333 e. The summed E-state index contributed by atoms with van der Waals surface area (Å²) in [6, 6.07) is 0. The number of aliphatic hydroxyl groups excluding tert-OH is 1. The molecule has 0 aliphatic carbocycles. The van der Waals surface area contributed by atoms with Gasteiger partial charge in [-0.2, -0.15) is 0 Å². The van der Waals surface area contributed by atoms with Crippen LogP contribution in [0, 0.1) is 0 Å². The largest absolute Gasteiger partial charge is 0.459 e. The van der Waals surface area contributed by atoms with Crippen LogP contribution in [0.5, 0.6) is 0 Å². The van der Waals surface area contributed by atoms with Crippen LogP contribution in [0.15, 0.2) is 11.6 Å². The zero-order valence-electron chi connectivity index (χ0n) is 10.5. The number of rotatable bonds is 9. The molecule has 4 heteroatoms. The van der Waals surface area contributed by atoms with Crippen molar-refractivity contribution < 1.29 is 19.4 Å². The third-order valence-corrected chi connectivity index (χ3v) is 2.69. The smallest absolute Gasteiger partial charge is 0.333 e. The quantitative estimate of drug-likeness (QED) is 0.290. The number of allylic oxidation sites excluding steroid dienone is 1. The number of hydrogen-bond donors (Lipinski definition) is 1. The van der Waals surface area contributed by atoms with Crippen LogP contribution in [0.4, 0.5) is 0 Å². The van der Waals surface area contributed by atoms with E-state index in [9.17, 15) is 4.79 Å². The second-order valence-corrected chi connectivity index (χ2v) is 4.37. The van der Waals surface area contributed by atoms with E-state index in [2.05, 4.69) is 0 Å². The van der Waals surface area contributed by atoms with Crippen molar-refractivity contribution in [3.63, 3.8) is 0 Å². The molecular weight excluding hydrogens is 220 g/mol. The van der Waals surface area contributed by atoms with Gasteiger partial charge in [0.2, 0.25) is 0 Å². The Morgan fingerprint density at radius 2 is 2.12 bits per heavy atom. The Kier molecular flexibility index (Phi) is 6.89. The van der Waals surface area contributed by atoms with Gasteiger partial charge in [0.05, 0.1) is 6.61 Å². The highest BCUT2D eigenvalue weighted by molar-refractivity contribution is 5.87. The van der Waals surface area contributed by atoms with E-state index in [0.29, 0.717) is 18.8 Å². The van der Waals surface area contributed by atoms with E-state index >= 15 is 0 Å². The van der Waals surface area contributed by atoms with E-state index in [4.69, 9.17) is 14.6 Å². The summed E-state index contributed by atoms with van der Waals surface area (Å²) in [5.74, 6) is -0.240.